The van der Waals surface area contributed by atoms with Crippen molar-refractivity contribution in [2.24, 2.45) is 10.7 Å². The minimum atomic E-state index is -0.647. The number of nitrogens with zero attached hydrogens (tertiary/aromatic N) is 4. The lowest BCUT2D eigenvalue weighted by Gasteiger charge is -2.07. The molecule has 3 aromatic rings. The fourth-order valence-electron chi connectivity index (χ4n) is 3.07. The van der Waals surface area contributed by atoms with Crippen molar-refractivity contribution in [3.63, 3.8) is 0 Å². The normalized spacial score (nSPS) is 11.5. The quantitative estimate of drug-likeness (QED) is 0.205. The zero-order valence-corrected chi connectivity index (χ0v) is 19.9. The van der Waals surface area contributed by atoms with E-state index in [9.17, 15) is 4.79 Å². The van der Waals surface area contributed by atoms with Crippen LogP contribution in [0, 0.1) is 0 Å². The lowest BCUT2D eigenvalue weighted by molar-refractivity contribution is 0.0972. The number of aromatic nitrogens is 3. The number of guanidine groups is 1. The van der Waals surface area contributed by atoms with E-state index in [1.54, 1.807) is 11.3 Å². The van der Waals surface area contributed by atoms with Crippen LogP contribution in [0.25, 0.3) is 10.4 Å². The third-order valence-corrected chi connectivity index (χ3v) is 6.16. The van der Waals surface area contributed by atoms with Gasteiger partial charge in [-0.2, -0.15) is 0 Å². The van der Waals surface area contributed by atoms with Crippen LogP contribution in [0.5, 0.6) is 0 Å². The molecule has 0 saturated carbocycles. The molecule has 0 unspecified atom stereocenters. The Kier molecular flexibility index (Phi) is 8.56. The Bertz CT molecular complexity index is 1130. The first-order valence-corrected chi connectivity index (χ1v) is 11.8. The van der Waals surface area contributed by atoms with E-state index >= 15 is 0 Å². The summed E-state index contributed by atoms with van der Waals surface area (Å²) in [5.41, 5.74) is 19.2. The second kappa shape index (κ2) is 11.6. The second-order valence-electron chi connectivity index (χ2n) is 7.38. The summed E-state index contributed by atoms with van der Waals surface area (Å²) in [5, 5.41) is 3.50. The maximum atomic E-state index is 12.2. The third kappa shape index (κ3) is 6.87. The molecule has 11 heteroatoms. The number of unbranched alkanes of at least 4 members (excludes halogenated alkanes) is 1. The number of nitrogen functional groups attached to an aromatic ring is 2. The molecule has 2 aromatic heterocycles. The summed E-state index contributed by atoms with van der Waals surface area (Å²) in [5.74, 6) is -0.854. The van der Waals surface area contributed by atoms with E-state index in [0.29, 0.717) is 6.54 Å². The number of rotatable bonds is 9. The highest BCUT2D eigenvalue weighted by atomic mass is 35.5. The first kappa shape index (κ1) is 24.4. The monoisotopic (exact) mass is 486 g/mol. The molecule has 9 nitrogen and oxygen atoms in total. The molecule has 0 radical (unpaired) electrons. The fraction of sp³-hybridized carbons (Fsp3) is 0.318. The van der Waals surface area contributed by atoms with E-state index in [2.05, 4.69) is 56.5 Å². The molecule has 33 heavy (non-hydrogen) atoms. The number of hydrogen-bond acceptors (Lipinski definition) is 8. The maximum absolute atomic E-state index is 12.2. The van der Waals surface area contributed by atoms with Crippen molar-refractivity contribution in [1.29, 1.82) is 0 Å². The standard InChI is InChI=1S/C22H27ClN8OS/c1-2-5-16-28-12-15(33-16)14-9-7-13(8-10-14)6-3-4-11-27-22(26)31-21(32)17-19(24)30-20(25)18(23)29-17/h7-10,12H,2-6,11H2,1H3,(H4,24,25,30)(H3,26,27,31,32). The molecule has 2 heterocycles. The van der Waals surface area contributed by atoms with Crippen molar-refractivity contribution < 1.29 is 4.79 Å². The number of nitrogens with one attached hydrogen (secondary N) is 1. The summed E-state index contributed by atoms with van der Waals surface area (Å²) in [6, 6.07) is 8.58. The summed E-state index contributed by atoms with van der Waals surface area (Å²) in [6.45, 7) is 2.64. The first-order chi connectivity index (χ1) is 15.9. The molecule has 0 aliphatic carbocycles. The predicted octanol–water partition coefficient (Wildman–Crippen LogP) is 3.44. The van der Waals surface area contributed by atoms with Crippen LogP contribution in [0.3, 0.4) is 0 Å². The van der Waals surface area contributed by atoms with Gasteiger partial charge >= 0.3 is 0 Å². The van der Waals surface area contributed by atoms with Crippen LogP contribution in [0.1, 0.15) is 47.2 Å². The topological polar surface area (TPSA) is 158 Å². The largest absolute Gasteiger partial charge is 0.382 e. The number of carbonyl (C=O) groups excluding carboxylic acids is 1. The number of nitrogens with two attached hydrogens (primary N) is 3. The Hall–Kier alpha value is -3.24. The number of anilines is 2. The molecule has 7 N–H and O–H groups in total. The van der Waals surface area contributed by atoms with Crippen molar-refractivity contribution in [1.82, 2.24) is 20.3 Å². The van der Waals surface area contributed by atoms with Gasteiger partial charge in [-0.1, -0.05) is 42.8 Å². The molecule has 1 aromatic carbocycles. The maximum Gasteiger partial charge on any atom is 0.280 e. The zero-order chi connectivity index (χ0) is 23.8. The van der Waals surface area contributed by atoms with Crippen molar-refractivity contribution in [3.05, 3.63) is 51.9 Å². The zero-order valence-electron chi connectivity index (χ0n) is 18.3. The Morgan fingerprint density at radius 1 is 1.12 bits per heavy atom. The van der Waals surface area contributed by atoms with Crippen LogP contribution in [-0.2, 0) is 12.8 Å². The van der Waals surface area contributed by atoms with Gasteiger partial charge in [-0.25, -0.2) is 15.0 Å². The molecule has 0 fully saturated rings. The predicted molar refractivity (Wildman–Crippen MR) is 134 cm³/mol. The molecule has 3 rings (SSSR count). The van der Waals surface area contributed by atoms with Crippen molar-refractivity contribution in [2.75, 3.05) is 18.0 Å². The van der Waals surface area contributed by atoms with Crippen LogP contribution in [0.4, 0.5) is 11.6 Å². The Balaban J connectivity index is 1.43. The highest BCUT2D eigenvalue weighted by Gasteiger charge is 2.16. The summed E-state index contributed by atoms with van der Waals surface area (Å²) < 4.78 is 0. The lowest BCUT2D eigenvalue weighted by atomic mass is 10.1. The summed E-state index contributed by atoms with van der Waals surface area (Å²) in [7, 11) is 0. The van der Waals surface area contributed by atoms with E-state index in [-0.39, 0.29) is 28.4 Å². The number of benzene rings is 1. The minimum absolute atomic E-state index is 0.0227. The van der Waals surface area contributed by atoms with Crippen LogP contribution in [-0.4, -0.2) is 33.4 Å². The summed E-state index contributed by atoms with van der Waals surface area (Å²) in [4.78, 5) is 29.7. The number of hydrogen-bond donors (Lipinski definition) is 4. The van der Waals surface area contributed by atoms with Gasteiger partial charge in [0.15, 0.2) is 28.4 Å². The summed E-state index contributed by atoms with van der Waals surface area (Å²) >= 11 is 7.54. The molecular formula is C22H27ClN8OS. The average Bonchev–Trinajstić information content (AvgIpc) is 3.25. The van der Waals surface area contributed by atoms with Crippen LogP contribution >= 0.6 is 22.9 Å². The SMILES string of the molecule is CCCc1ncc(-c2ccc(CCCCN=C(N)NC(=O)c3nc(Cl)c(N)nc3N)cc2)s1. The van der Waals surface area contributed by atoms with Gasteiger partial charge in [0.05, 0.1) is 9.88 Å². The van der Waals surface area contributed by atoms with E-state index in [0.717, 1.165) is 32.1 Å². The molecule has 1 amide bonds. The van der Waals surface area contributed by atoms with E-state index in [1.807, 2.05) is 6.20 Å². The number of halogens is 1. The lowest BCUT2D eigenvalue weighted by Crippen LogP contribution is -2.38. The number of amides is 1. The number of aliphatic imine (C=N–C) groups is 1. The molecule has 0 aliphatic heterocycles. The van der Waals surface area contributed by atoms with Gasteiger partial charge in [0, 0.05) is 12.7 Å². The number of aryl methyl sites for hydroxylation is 2. The highest BCUT2D eigenvalue weighted by Crippen LogP contribution is 2.27. The third-order valence-electron chi connectivity index (χ3n) is 4.77. The van der Waals surface area contributed by atoms with E-state index < -0.39 is 5.91 Å². The molecule has 0 atom stereocenters. The van der Waals surface area contributed by atoms with Crippen LogP contribution in [0.15, 0.2) is 35.5 Å². The van der Waals surface area contributed by atoms with Crippen LogP contribution < -0.4 is 22.5 Å². The first-order valence-electron chi connectivity index (χ1n) is 10.6. The average molecular weight is 487 g/mol. The fourth-order valence-corrected chi connectivity index (χ4v) is 4.22. The van der Waals surface area contributed by atoms with Gasteiger partial charge in [-0.15, -0.1) is 11.3 Å². The van der Waals surface area contributed by atoms with Crippen molar-refractivity contribution in [2.45, 2.75) is 39.0 Å². The molecule has 0 spiro atoms. The molecular weight excluding hydrogens is 460 g/mol. The molecule has 0 aliphatic rings. The van der Waals surface area contributed by atoms with Crippen LogP contribution in [0.2, 0.25) is 5.15 Å². The second-order valence-corrected chi connectivity index (χ2v) is 8.85. The Morgan fingerprint density at radius 2 is 1.88 bits per heavy atom. The van der Waals surface area contributed by atoms with Gasteiger partial charge in [0.25, 0.3) is 5.91 Å². The molecule has 0 bridgehead atoms. The van der Waals surface area contributed by atoms with E-state index in [4.69, 9.17) is 28.8 Å². The number of thiazole rings is 1. The Morgan fingerprint density at radius 3 is 2.61 bits per heavy atom. The summed E-state index contributed by atoms with van der Waals surface area (Å²) in [6.07, 6.45) is 6.78. The molecule has 0 saturated heterocycles. The number of carbonyl (C=O) groups is 1. The van der Waals surface area contributed by atoms with Crippen molar-refractivity contribution in [3.8, 4) is 10.4 Å². The minimum Gasteiger partial charge on any atom is -0.382 e. The van der Waals surface area contributed by atoms with Crippen molar-refractivity contribution >= 4 is 46.4 Å². The molecule has 174 valence electrons. The van der Waals surface area contributed by atoms with Gasteiger partial charge in [0.1, 0.15) is 0 Å². The Labute approximate surface area is 201 Å². The van der Waals surface area contributed by atoms with Gasteiger partial charge in [-0.05, 0) is 43.2 Å². The van der Waals surface area contributed by atoms with Gasteiger partial charge in [0.2, 0.25) is 0 Å². The van der Waals surface area contributed by atoms with Gasteiger partial charge in [-0.3, -0.25) is 15.1 Å². The highest BCUT2D eigenvalue weighted by molar-refractivity contribution is 7.15. The smallest absolute Gasteiger partial charge is 0.280 e. The van der Waals surface area contributed by atoms with E-state index in [1.165, 1.54) is 21.0 Å². The van der Waals surface area contributed by atoms with Gasteiger partial charge < -0.3 is 17.2 Å².